The van der Waals surface area contributed by atoms with Crippen LogP contribution >= 0.6 is 0 Å². The zero-order valence-corrected chi connectivity index (χ0v) is 31.1. The van der Waals surface area contributed by atoms with Crippen LogP contribution in [0.15, 0.2) is 46.2 Å². The largest absolute Gasteiger partial charge is 1.00 e. The van der Waals surface area contributed by atoms with Gasteiger partial charge in [0, 0.05) is 44.2 Å². The summed E-state index contributed by atoms with van der Waals surface area (Å²) in [5.74, 6) is -0.770. The van der Waals surface area contributed by atoms with Gasteiger partial charge in [0.1, 0.15) is 12.1 Å². The van der Waals surface area contributed by atoms with Crippen molar-refractivity contribution in [2.45, 2.75) is 79.3 Å². The second-order valence-corrected chi connectivity index (χ2v) is 12.4. The van der Waals surface area contributed by atoms with Crippen molar-refractivity contribution in [1.82, 2.24) is 18.9 Å². The molecule has 13 nitrogen and oxygen atoms in total. The molecular weight excluding hydrogens is 615 g/mol. The van der Waals surface area contributed by atoms with Gasteiger partial charge in [-0.2, -0.15) is 0 Å². The average Bonchev–Trinajstić information content (AvgIpc) is 2.94. The third kappa shape index (κ3) is 21.3. The summed E-state index contributed by atoms with van der Waals surface area (Å²) in [6.45, 7) is 13.8. The summed E-state index contributed by atoms with van der Waals surface area (Å²) in [7, 11) is 7.98. The van der Waals surface area contributed by atoms with Crippen molar-refractivity contribution in [3.63, 3.8) is 0 Å². The molecule has 48 heavy (non-hydrogen) atoms. The summed E-state index contributed by atoms with van der Waals surface area (Å²) >= 11 is 0. The summed E-state index contributed by atoms with van der Waals surface area (Å²) in [5, 5.41) is 16.9. The monoisotopic (exact) mass is 676 g/mol. The number of aromatic nitrogens is 2. The fourth-order valence-corrected chi connectivity index (χ4v) is 4.38. The SMILES string of the molecule is CC(C)CC(C(=O)O)n1cc(CCN(C)C)ccc1=O.CCO.CCOC(=O)C(CC(C)C)n1cc(CCN(C)C)ccc1=O.O.[Li+].[OH-]. The van der Waals surface area contributed by atoms with Crippen molar-refractivity contribution in [1.29, 1.82) is 0 Å². The summed E-state index contributed by atoms with van der Waals surface area (Å²) in [5.41, 5.74) is 1.61. The second-order valence-electron chi connectivity index (χ2n) is 12.4. The van der Waals surface area contributed by atoms with E-state index in [2.05, 4.69) is 9.80 Å². The van der Waals surface area contributed by atoms with Gasteiger partial charge in [-0.3, -0.25) is 9.59 Å². The van der Waals surface area contributed by atoms with E-state index in [0.29, 0.717) is 25.4 Å². The van der Waals surface area contributed by atoms with Crippen LogP contribution in [-0.2, 0) is 27.2 Å². The minimum Gasteiger partial charge on any atom is -0.870 e. The van der Waals surface area contributed by atoms with Gasteiger partial charge in [0.2, 0.25) is 0 Å². The number of carbonyl (C=O) groups excluding carboxylic acids is 1. The minimum atomic E-state index is -0.953. The Bertz CT molecular complexity index is 1260. The van der Waals surface area contributed by atoms with Gasteiger partial charge < -0.3 is 44.8 Å². The van der Waals surface area contributed by atoms with Gasteiger partial charge in [-0.25, -0.2) is 9.59 Å². The van der Waals surface area contributed by atoms with Gasteiger partial charge in [-0.1, -0.05) is 39.8 Å². The molecule has 0 aliphatic heterocycles. The van der Waals surface area contributed by atoms with Crippen LogP contribution in [0.2, 0.25) is 0 Å². The van der Waals surface area contributed by atoms with E-state index in [0.717, 1.165) is 37.1 Å². The number of esters is 1. The Morgan fingerprint density at radius 1 is 0.771 bits per heavy atom. The van der Waals surface area contributed by atoms with Crippen molar-refractivity contribution in [3.8, 4) is 0 Å². The molecule has 2 heterocycles. The molecule has 0 spiro atoms. The maximum absolute atomic E-state index is 12.2. The molecule has 0 aromatic carbocycles. The van der Waals surface area contributed by atoms with E-state index in [9.17, 15) is 24.3 Å². The second kappa shape index (κ2) is 28.1. The first-order valence-corrected chi connectivity index (χ1v) is 15.8. The standard InChI is InChI=1S/C17H28N2O3.C15H24N2O3.C2H6O.Li.2H2O/c1-6-22-17(21)15(11-13(2)3)19-12-14(7-8-16(19)20)9-10-18(4)5;1-11(2)9-13(15(19)20)17-10-12(5-6-14(17)18)7-8-16(3)4;1-2-3;;;/h7-8,12-13,15H,6,9-11H2,1-5H3;5-6,10-11,13H,7-9H2,1-4H3,(H,19,20);3H,2H2,1H3;;2*1H2/q;;;+1;;/p-1. The number of pyridine rings is 2. The summed E-state index contributed by atoms with van der Waals surface area (Å²) < 4.78 is 8.03. The Hall–Kier alpha value is -2.76. The normalized spacial score (nSPS) is 11.6. The molecule has 0 radical (unpaired) electrons. The fourth-order valence-electron chi connectivity index (χ4n) is 4.38. The fraction of sp³-hybridized carbons (Fsp3) is 0.647. The molecule has 0 amide bonds. The molecule has 2 aromatic rings. The van der Waals surface area contributed by atoms with Crippen molar-refractivity contribution < 1.29 is 54.4 Å². The Kier molecular flexibility index (Phi) is 30.5. The third-order valence-electron chi connectivity index (χ3n) is 6.60. The van der Waals surface area contributed by atoms with E-state index in [1.54, 1.807) is 32.3 Å². The molecule has 2 aromatic heterocycles. The number of nitrogens with zero attached hydrogens (tertiary/aromatic N) is 4. The van der Waals surface area contributed by atoms with Gasteiger partial charge in [0.05, 0.1) is 6.61 Å². The van der Waals surface area contributed by atoms with Gasteiger partial charge in [0.25, 0.3) is 11.1 Å². The van der Waals surface area contributed by atoms with E-state index >= 15 is 0 Å². The molecule has 14 heteroatoms. The van der Waals surface area contributed by atoms with Crippen LogP contribution in [0.25, 0.3) is 0 Å². The number of ether oxygens (including phenoxy) is 1. The third-order valence-corrected chi connectivity index (χ3v) is 6.60. The van der Waals surface area contributed by atoms with Gasteiger partial charge in [-0.05, 0) is 90.7 Å². The zero-order valence-electron chi connectivity index (χ0n) is 31.1. The zero-order chi connectivity index (χ0) is 34.7. The first-order valence-electron chi connectivity index (χ1n) is 15.8. The van der Waals surface area contributed by atoms with Crippen LogP contribution in [-0.4, -0.2) is 107 Å². The van der Waals surface area contributed by atoms with Crippen LogP contribution in [0.5, 0.6) is 0 Å². The average molecular weight is 677 g/mol. The van der Waals surface area contributed by atoms with E-state index in [1.807, 2.05) is 62.0 Å². The van der Waals surface area contributed by atoms with Crippen LogP contribution in [0.4, 0.5) is 0 Å². The number of carboxylic acids is 1. The predicted octanol–water partition coefficient (Wildman–Crippen LogP) is -0.272. The number of aliphatic hydroxyl groups excluding tert-OH is 1. The molecule has 2 rings (SSSR count). The molecule has 0 fully saturated rings. The molecule has 0 aliphatic carbocycles. The Morgan fingerprint density at radius 2 is 1.12 bits per heavy atom. The molecule has 0 saturated heterocycles. The first-order chi connectivity index (χ1) is 21.1. The minimum absolute atomic E-state index is 0. The van der Waals surface area contributed by atoms with Gasteiger partial charge >= 0.3 is 30.8 Å². The molecule has 272 valence electrons. The molecule has 0 bridgehead atoms. The quantitative estimate of drug-likeness (QED) is 0.187. The molecule has 2 unspecified atom stereocenters. The van der Waals surface area contributed by atoms with Crippen LogP contribution in [0.1, 0.15) is 77.6 Å². The molecule has 0 saturated carbocycles. The Morgan fingerprint density at radius 3 is 1.44 bits per heavy atom. The number of aliphatic carboxylic acids is 1. The van der Waals surface area contributed by atoms with Gasteiger partial charge in [0.15, 0.2) is 0 Å². The van der Waals surface area contributed by atoms with E-state index in [1.165, 1.54) is 21.3 Å². The van der Waals surface area contributed by atoms with E-state index < -0.39 is 18.1 Å². The molecule has 5 N–H and O–H groups in total. The van der Waals surface area contributed by atoms with E-state index in [4.69, 9.17) is 9.84 Å². The number of aliphatic hydroxyl groups is 1. The topological polar surface area (TPSA) is 196 Å². The number of hydrogen-bond donors (Lipinski definition) is 2. The molecule has 2 atom stereocenters. The summed E-state index contributed by atoms with van der Waals surface area (Å²) in [6.07, 6.45) is 6.16. The number of carbonyl (C=O) groups is 2. The maximum atomic E-state index is 12.2. The first kappa shape index (κ1) is 52.1. The van der Waals surface area contributed by atoms with Crippen LogP contribution in [0, 0.1) is 11.8 Å². The number of hydrogen-bond acceptors (Lipinski definition) is 9. The van der Waals surface area contributed by atoms with Crippen molar-refractivity contribution in [2.75, 3.05) is 54.5 Å². The molecule has 0 aliphatic rings. The maximum Gasteiger partial charge on any atom is 1.00 e. The summed E-state index contributed by atoms with van der Waals surface area (Å²) in [6, 6.07) is 5.27. The van der Waals surface area contributed by atoms with Crippen LogP contribution in [0.3, 0.4) is 0 Å². The predicted molar refractivity (Wildman–Crippen MR) is 185 cm³/mol. The van der Waals surface area contributed by atoms with Crippen molar-refractivity contribution in [2.24, 2.45) is 11.8 Å². The Balaban J connectivity index is -0.000000353. The van der Waals surface area contributed by atoms with Crippen LogP contribution < -0.4 is 30.0 Å². The number of likely N-dealkylation sites (N-methyl/N-ethyl adjacent to an activating group) is 2. The number of carboxylic acid groups (broad SMARTS) is 1. The van der Waals surface area contributed by atoms with Gasteiger partial charge in [-0.15, -0.1) is 0 Å². The van der Waals surface area contributed by atoms with Crippen molar-refractivity contribution >= 4 is 11.9 Å². The molecular formula is C34H61LiN4O9. The number of rotatable bonds is 15. The smallest absolute Gasteiger partial charge is 0.870 e. The van der Waals surface area contributed by atoms with E-state index in [-0.39, 0.29) is 59.4 Å². The summed E-state index contributed by atoms with van der Waals surface area (Å²) in [4.78, 5) is 51.9. The van der Waals surface area contributed by atoms with Crippen molar-refractivity contribution in [3.05, 3.63) is 68.5 Å². The Labute approximate surface area is 298 Å².